The van der Waals surface area contributed by atoms with Crippen molar-refractivity contribution in [3.63, 3.8) is 0 Å². The number of fused-ring (bicyclic) bond motifs is 1. The number of benzene rings is 2. The number of para-hydroxylation sites is 1. The van der Waals surface area contributed by atoms with Gasteiger partial charge in [0.1, 0.15) is 11.5 Å². The van der Waals surface area contributed by atoms with E-state index in [1.54, 1.807) is 18.2 Å². The Labute approximate surface area is 171 Å². The number of ether oxygens (including phenoxy) is 3. The molecule has 0 spiro atoms. The Morgan fingerprint density at radius 1 is 1.18 bits per heavy atom. The molecule has 1 aromatic heterocycles. The number of methoxy groups -OCH3 is 2. The Balaban J connectivity index is 2.09. The van der Waals surface area contributed by atoms with Crippen molar-refractivity contribution in [2.75, 3.05) is 27.4 Å². The van der Waals surface area contributed by atoms with Gasteiger partial charge in [0.2, 0.25) is 0 Å². The van der Waals surface area contributed by atoms with Crippen LogP contribution in [-0.4, -0.2) is 37.9 Å². The average molecular weight is 421 g/mol. The van der Waals surface area contributed by atoms with Crippen molar-refractivity contribution in [2.24, 2.45) is 4.99 Å². The van der Waals surface area contributed by atoms with Gasteiger partial charge in [-0.25, -0.2) is 0 Å². The lowest BCUT2D eigenvalue weighted by Gasteiger charge is -2.07. The van der Waals surface area contributed by atoms with E-state index in [2.05, 4.69) is 4.99 Å². The Bertz CT molecular complexity index is 1040. The lowest BCUT2D eigenvalue weighted by Crippen LogP contribution is -2.20. The lowest BCUT2D eigenvalue weighted by molar-refractivity contribution is 0.0996. The summed E-state index contributed by atoms with van der Waals surface area (Å²) < 4.78 is 18.8. The van der Waals surface area contributed by atoms with Gasteiger partial charge >= 0.3 is 0 Å². The van der Waals surface area contributed by atoms with E-state index in [0.29, 0.717) is 46.6 Å². The summed E-state index contributed by atoms with van der Waals surface area (Å²) in [6.45, 7) is 3.60. The van der Waals surface area contributed by atoms with E-state index in [1.165, 1.54) is 25.6 Å². The first-order chi connectivity index (χ1) is 13.6. The molecule has 0 radical (unpaired) electrons. The van der Waals surface area contributed by atoms with Gasteiger partial charge in [-0.3, -0.25) is 4.79 Å². The number of carbonyl (C=O) groups is 1. The molecule has 0 saturated heterocycles. The zero-order chi connectivity index (χ0) is 20.1. The molecule has 0 aliphatic heterocycles. The molecule has 1 amide bonds. The van der Waals surface area contributed by atoms with Gasteiger partial charge in [0, 0.05) is 24.8 Å². The van der Waals surface area contributed by atoms with Crippen molar-refractivity contribution in [1.82, 2.24) is 4.57 Å². The van der Waals surface area contributed by atoms with Crippen LogP contribution < -0.4 is 14.3 Å². The molecule has 0 aliphatic carbocycles. The largest absolute Gasteiger partial charge is 0.497 e. The molecule has 0 bridgehead atoms. The third kappa shape index (κ3) is 4.38. The fourth-order valence-corrected chi connectivity index (χ4v) is 4.18. The molecule has 6 nitrogen and oxygen atoms in total. The lowest BCUT2D eigenvalue weighted by atomic mass is 10.2. The molecule has 28 heavy (non-hydrogen) atoms. The number of aromatic nitrogens is 1. The van der Waals surface area contributed by atoms with Crippen molar-refractivity contribution in [1.29, 1.82) is 0 Å². The number of nitrogens with zero attached hydrogens (tertiary/aromatic N) is 2. The fraction of sp³-hybridized carbons (Fsp3) is 0.300. The molecule has 3 rings (SSSR count). The second-order valence-electron chi connectivity index (χ2n) is 5.84. The number of halogens is 1. The van der Waals surface area contributed by atoms with Crippen LogP contribution in [0.5, 0.6) is 11.5 Å². The summed E-state index contributed by atoms with van der Waals surface area (Å²) in [5.74, 6) is 0.674. The number of thiazole rings is 1. The third-order valence-electron chi connectivity index (χ3n) is 4.11. The Kier molecular flexibility index (Phi) is 6.72. The molecule has 0 fully saturated rings. The number of amides is 1. The van der Waals surface area contributed by atoms with Crippen LogP contribution in [0.25, 0.3) is 10.2 Å². The molecule has 0 atom stereocenters. The van der Waals surface area contributed by atoms with Crippen LogP contribution in [0.4, 0.5) is 0 Å². The highest BCUT2D eigenvalue weighted by atomic mass is 35.5. The summed E-state index contributed by atoms with van der Waals surface area (Å²) in [6, 6.07) is 10.6. The first kappa shape index (κ1) is 20.4. The van der Waals surface area contributed by atoms with Gasteiger partial charge < -0.3 is 18.8 Å². The summed E-state index contributed by atoms with van der Waals surface area (Å²) in [4.78, 5) is 17.8. The normalized spacial score (nSPS) is 11.8. The predicted molar refractivity (Wildman–Crippen MR) is 111 cm³/mol. The molecule has 148 valence electrons. The van der Waals surface area contributed by atoms with Crippen LogP contribution in [0.1, 0.15) is 17.3 Å². The van der Waals surface area contributed by atoms with Gasteiger partial charge in [-0.15, -0.1) is 0 Å². The standard InChI is InChI=1S/C20H21ClN2O4S/c1-4-27-9-8-23-18-16(21)6-5-7-17(18)28-20(23)22-19(24)13-10-14(25-2)12-15(11-13)26-3/h5-7,10-12H,4,8-9H2,1-3H3. The topological polar surface area (TPSA) is 62.1 Å². The summed E-state index contributed by atoms with van der Waals surface area (Å²) >= 11 is 7.82. The monoisotopic (exact) mass is 420 g/mol. The van der Waals surface area contributed by atoms with E-state index in [0.717, 1.165) is 10.2 Å². The maximum absolute atomic E-state index is 12.8. The highest BCUT2D eigenvalue weighted by Gasteiger charge is 2.13. The molecule has 0 unspecified atom stereocenters. The summed E-state index contributed by atoms with van der Waals surface area (Å²) in [6.07, 6.45) is 0. The molecular formula is C20H21ClN2O4S. The van der Waals surface area contributed by atoms with E-state index in [4.69, 9.17) is 25.8 Å². The fourth-order valence-electron chi connectivity index (χ4n) is 2.76. The second-order valence-corrected chi connectivity index (χ2v) is 7.25. The van der Waals surface area contributed by atoms with Crippen LogP contribution in [-0.2, 0) is 11.3 Å². The minimum absolute atomic E-state index is 0.384. The Morgan fingerprint density at radius 3 is 2.54 bits per heavy atom. The van der Waals surface area contributed by atoms with Crippen LogP contribution in [0, 0.1) is 0 Å². The maximum atomic E-state index is 12.8. The zero-order valence-corrected chi connectivity index (χ0v) is 17.5. The minimum Gasteiger partial charge on any atom is -0.497 e. The summed E-state index contributed by atoms with van der Waals surface area (Å²) in [5, 5.41) is 0.613. The molecule has 1 heterocycles. The molecule has 2 aromatic carbocycles. The molecular weight excluding hydrogens is 400 g/mol. The number of rotatable bonds is 7. The van der Waals surface area contributed by atoms with Gasteiger partial charge in [0.25, 0.3) is 5.91 Å². The first-order valence-corrected chi connectivity index (χ1v) is 9.94. The summed E-state index contributed by atoms with van der Waals surface area (Å²) in [7, 11) is 3.08. The Morgan fingerprint density at radius 2 is 1.89 bits per heavy atom. The van der Waals surface area contributed by atoms with Gasteiger partial charge in [-0.1, -0.05) is 29.0 Å². The van der Waals surface area contributed by atoms with E-state index < -0.39 is 0 Å². The molecule has 0 aliphatic rings. The Hall–Kier alpha value is -2.35. The van der Waals surface area contributed by atoms with Gasteiger partial charge in [0.05, 0.1) is 36.1 Å². The van der Waals surface area contributed by atoms with Gasteiger partial charge in [0.15, 0.2) is 4.80 Å². The summed E-state index contributed by atoms with van der Waals surface area (Å²) in [5.41, 5.74) is 1.24. The molecule has 0 saturated carbocycles. The SMILES string of the molecule is CCOCCn1c(=NC(=O)c2cc(OC)cc(OC)c2)sc2cccc(Cl)c21. The number of hydrogen-bond acceptors (Lipinski definition) is 5. The highest BCUT2D eigenvalue weighted by molar-refractivity contribution is 7.16. The van der Waals surface area contributed by atoms with Crippen LogP contribution >= 0.6 is 22.9 Å². The predicted octanol–water partition coefficient (Wildman–Crippen LogP) is 4.15. The number of carbonyl (C=O) groups excluding carboxylic acids is 1. The average Bonchev–Trinajstić information content (AvgIpc) is 3.06. The zero-order valence-electron chi connectivity index (χ0n) is 15.9. The van der Waals surface area contributed by atoms with Gasteiger partial charge in [-0.2, -0.15) is 4.99 Å². The van der Waals surface area contributed by atoms with Crippen molar-refractivity contribution in [3.05, 3.63) is 51.8 Å². The van der Waals surface area contributed by atoms with E-state index in [9.17, 15) is 4.79 Å². The van der Waals surface area contributed by atoms with Crippen LogP contribution in [0.2, 0.25) is 5.02 Å². The first-order valence-electron chi connectivity index (χ1n) is 8.75. The molecule has 3 aromatic rings. The third-order valence-corrected chi connectivity index (χ3v) is 5.46. The van der Waals surface area contributed by atoms with Crippen molar-refractivity contribution in [3.8, 4) is 11.5 Å². The quantitative estimate of drug-likeness (QED) is 0.538. The van der Waals surface area contributed by atoms with Crippen molar-refractivity contribution in [2.45, 2.75) is 13.5 Å². The van der Waals surface area contributed by atoms with Crippen molar-refractivity contribution >= 4 is 39.1 Å². The highest BCUT2D eigenvalue weighted by Crippen LogP contribution is 2.26. The van der Waals surface area contributed by atoms with Crippen LogP contribution in [0.15, 0.2) is 41.4 Å². The van der Waals surface area contributed by atoms with Crippen molar-refractivity contribution < 1.29 is 19.0 Å². The van der Waals surface area contributed by atoms with E-state index in [-0.39, 0.29) is 5.91 Å². The minimum atomic E-state index is -0.384. The van der Waals surface area contributed by atoms with Gasteiger partial charge in [-0.05, 0) is 31.2 Å². The second kappa shape index (κ2) is 9.23. The van der Waals surface area contributed by atoms with Crippen LogP contribution in [0.3, 0.4) is 0 Å². The molecule has 8 heteroatoms. The van der Waals surface area contributed by atoms with E-state index >= 15 is 0 Å². The number of hydrogen-bond donors (Lipinski definition) is 0. The maximum Gasteiger partial charge on any atom is 0.279 e. The smallest absolute Gasteiger partial charge is 0.279 e. The molecule has 0 N–H and O–H groups in total. The van der Waals surface area contributed by atoms with E-state index in [1.807, 2.05) is 29.7 Å².